The number of rotatable bonds is 3. The molecule has 0 amide bonds. The van der Waals surface area contributed by atoms with Crippen molar-refractivity contribution in [2.75, 3.05) is 31.3 Å². The van der Waals surface area contributed by atoms with Crippen molar-refractivity contribution < 1.29 is 9.84 Å². The smallest absolute Gasteiger partial charge is 0.158 e. The lowest BCUT2D eigenvalue weighted by molar-refractivity contribution is 0.0722. The fourth-order valence-corrected chi connectivity index (χ4v) is 1.94. The molecule has 1 unspecified atom stereocenters. The fraction of sp³-hybridized carbons (Fsp3) is 0.500. The number of anilines is 1. The van der Waals surface area contributed by atoms with Gasteiger partial charge in [-0.3, -0.25) is 0 Å². The highest BCUT2D eigenvalue weighted by Crippen LogP contribution is 2.19. The van der Waals surface area contributed by atoms with Crippen LogP contribution in [-0.4, -0.2) is 52.5 Å². The Labute approximate surface area is 104 Å². The summed E-state index contributed by atoms with van der Waals surface area (Å²) >= 11 is 4.95. The predicted molar refractivity (Wildman–Crippen MR) is 67.0 cm³/mol. The third-order valence-electron chi connectivity index (χ3n) is 2.62. The second kappa shape index (κ2) is 5.35. The Kier molecular flexibility index (Phi) is 3.82. The Morgan fingerprint density at radius 2 is 2.35 bits per heavy atom. The minimum absolute atomic E-state index is 0.00660. The summed E-state index contributed by atoms with van der Waals surface area (Å²) in [5, 5.41) is 9.32. The van der Waals surface area contributed by atoms with Crippen LogP contribution in [0.4, 0.5) is 5.82 Å². The molecule has 2 heterocycles. The summed E-state index contributed by atoms with van der Waals surface area (Å²) in [6, 6.07) is -0.131. The van der Waals surface area contributed by atoms with Crippen LogP contribution in [0.1, 0.15) is 5.69 Å². The minimum atomic E-state index is -0.131. The Hall–Kier alpha value is -1.31. The molecule has 0 aromatic carbocycles. The Bertz CT molecular complexity index is 415. The van der Waals surface area contributed by atoms with Gasteiger partial charge in [0.05, 0.1) is 25.9 Å². The fourth-order valence-electron chi connectivity index (χ4n) is 1.80. The van der Waals surface area contributed by atoms with Crippen molar-refractivity contribution in [2.45, 2.75) is 6.04 Å². The predicted octanol–water partition coefficient (Wildman–Crippen LogP) is -0.692. The van der Waals surface area contributed by atoms with E-state index in [4.69, 9.17) is 22.7 Å². The maximum atomic E-state index is 9.32. The zero-order chi connectivity index (χ0) is 12.3. The minimum Gasteiger partial charge on any atom is -0.394 e. The monoisotopic (exact) mass is 254 g/mol. The zero-order valence-electron chi connectivity index (χ0n) is 9.24. The molecule has 7 heteroatoms. The molecule has 2 rings (SSSR count). The highest BCUT2D eigenvalue weighted by Gasteiger charge is 2.26. The van der Waals surface area contributed by atoms with Crippen molar-refractivity contribution in [3.63, 3.8) is 0 Å². The summed E-state index contributed by atoms with van der Waals surface area (Å²) in [5.41, 5.74) is 6.11. The second-order valence-corrected chi connectivity index (χ2v) is 4.14. The molecule has 0 saturated carbocycles. The highest BCUT2D eigenvalue weighted by molar-refractivity contribution is 7.80. The van der Waals surface area contributed by atoms with Crippen LogP contribution >= 0.6 is 12.2 Å². The van der Waals surface area contributed by atoms with Gasteiger partial charge in [-0.05, 0) is 0 Å². The number of aliphatic hydroxyl groups is 1. The summed E-state index contributed by atoms with van der Waals surface area (Å²) in [6.07, 6.45) is 3.13. The SMILES string of the molecule is NC(=S)c1nccnc1N1CCOCC1CO. The van der Waals surface area contributed by atoms with Gasteiger partial charge in [-0.1, -0.05) is 12.2 Å². The molecule has 1 saturated heterocycles. The number of thiocarbonyl (C=S) groups is 1. The Morgan fingerprint density at radius 1 is 1.59 bits per heavy atom. The van der Waals surface area contributed by atoms with E-state index in [0.29, 0.717) is 31.3 Å². The molecule has 6 nitrogen and oxygen atoms in total. The molecular weight excluding hydrogens is 240 g/mol. The molecule has 0 radical (unpaired) electrons. The van der Waals surface area contributed by atoms with Gasteiger partial charge in [0.1, 0.15) is 10.7 Å². The lowest BCUT2D eigenvalue weighted by Crippen LogP contribution is -2.48. The first kappa shape index (κ1) is 12.2. The van der Waals surface area contributed by atoms with Crippen LogP contribution in [0.25, 0.3) is 0 Å². The second-order valence-electron chi connectivity index (χ2n) is 3.70. The van der Waals surface area contributed by atoms with E-state index in [1.807, 2.05) is 4.90 Å². The van der Waals surface area contributed by atoms with Gasteiger partial charge >= 0.3 is 0 Å². The van der Waals surface area contributed by atoms with Gasteiger partial charge < -0.3 is 20.5 Å². The molecule has 1 atom stereocenters. The zero-order valence-corrected chi connectivity index (χ0v) is 10.1. The van der Waals surface area contributed by atoms with Crippen molar-refractivity contribution in [2.24, 2.45) is 5.73 Å². The molecular formula is C10H14N4O2S. The van der Waals surface area contributed by atoms with Gasteiger partial charge in [0.2, 0.25) is 0 Å². The van der Waals surface area contributed by atoms with E-state index in [2.05, 4.69) is 9.97 Å². The number of hydrogen-bond acceptors (Lipinski definition) is 6. The van der Waals surface area contributed by atoms with Crippen LogP contribution in [-0.2, 0) is 4.74 Å². The van der Waals surface area contributed by atoms with E-state index in [1.54, 1.807) is 12.4 Å². The summed E-state index contributed by atoms with van der Waals surface area (Å²) in [5.74, 6) is 0.613. The van der Waals surface area contributed by atoms with Crippen LogP contribution < -0.4 is 10.6 Å². The molecule has 1 aliphatic rings. The number of morpholine rings is 1. The number of aliphatic hydroxyl groups excluding tert-OH is 1. The number of nitrogens with two attached hydrogens (primary N) is 1. The van der Waals surface area contributed by atoms with E-state index in [-0.39, 0.29) is 17.6 Å². The molecule has 3 N–H and O–H groups in total. The molecule has 1 aliphatic heterocycles. The van der Waals surface area contributed by atoms with Gasteiger partial charge in [0.15, 0.2) is 5.82 Å². The summed E-state index contributed by atoms with van der Waals surface area (Å²) < 4.78 is 5.31. The molecule has 1 aromatic heterocycles. The van der Waals surface area contributed by atoms with Crippen molar-refractivity contribution in [3.8, 4) is 0 Å². The number of ether oxygens (including phenoxy) is 1. The Morgan fingerprint density at radius 3 is 3.06 bits per heavy atom. The quantitative estimate of drug-likeness (QED) is 0.690. The summed E-state index contributed by atoms with van der Waals surface area (Å²) in [7, 11) is 0. The summed E-state index contributed by atoms with van der Waals surface area (Å²) in [4.78, 5) is 10.5. The van der Waals surface area contributed by atoms with E-state index < -0.39 is 0 Å². The third kappa shape index (κ3) is 2.51. The molecule has 0 spiro atoms. The van der Waals surface area contributed by atoms with Crippen LogP contribution in [0.15, 0.2) is 12.4 Å². The molecule has 92 valence electrons. The lowest BCUT2D eigenvalue weighted by atomic mass is 10.2. The Balaban J connectivity index is 2.34. The first-order chi connectivity index (χ1) is 8.24. The van der Waals surface area contributed by atoms with Crippen molar-refractivity contribution in [3.05, 3.63) is 18.1 Å². The summed E-state index contributed by atoms with van der Waals surface area (Å²) in [6.45, 7) is 1.68. The van der Waals surface area contributed by atoms with Crippen molar-refractivity contribution in [1.29, 1.82) is 0 Å². The number of nitrogens with zero attached hydrogens (tertiary/aromatic N) is 3. The van der Waals surface area contributed by atoms with E-state index in [1.165, 1.54) is 0 Å². The largest absolute Gasteiger partial charge is 0.394 e. The standard InChI is InChI=1S/C10H14N4O2S/c11-9(17)8-10(13-2-1-12-8)14-3-4-16-6-7(14)5-15/h1-2,7,15H,3-6H2,(H2,11,17). The molecule has 0 aliphatic carbocycles. The van der Waals surface area contributed by atoms with Gasteiger partial charge in [0, 0.05) is 18.9 Å². The first-order valence-electron chi connectivity index (χ1n) is 5.30. The first-order valence-corrected chi connectivity index (χ1v) is 5.71. The van der Waals surface area contributed by atoms with Crippen LogP contribution in [0.2, 0.25) is 0 Å². The van der Waals surface area contributed by atoms with Crippen molar-refractivity contribution in [1.82, 2.24) is 9.97 Å². The maximum absolute atomic E-state index is 9.32. The van der Waals surface area contributed by atoms with Gasteiger partial charge in [-0.15, -0.1) is 0 Å². The van der Waals surface area contributed by atoms with Crippen LogP contribution in [0, 0.1) is 0 Å². The lowest BCUT2D eigenvalue weighted by Gasteiger charge is -2.35. The van der Waals surface area contributed by atoms with Gasteiger partial charge in [-0.2, -0.15) is 0 Å². The molecule has 17 heavy (non-hydrogen) atoms. The van der Waals surface area contributed by atoms with Crippen molar-refractivity contribution >= 4 is 23.0 Å². The van der Waals surface area contributed by atoms with Crippen LogP contribution in [0.3, 0.4) is 0 Å². The number of aromatic nitrogens is 2. The average molecular weight is 254 g/mol. The van der Waals surface area contributed by atoms with E-state index >= 15 is 0 Å². The van der Waals surface area contributed by atoms with E-state index in [0.717, 1.165) is 0 Å². The molecule has 1 fully saturated rings. The molecule has 1 aromatic rings. The topological polar surface area (TPSA) is 84.5 Å². The third-order valence-corrected chi connectivity index (χ3v) is 2.82. The van der Waals surface area contributed by atoms with E-state index in [9.17, 15) is 5.11 Å². The average Bonchev–Trinajstić information content (AvgIpc) is 2.38. The maximum Gasteiger partial charge on any atom is 0.158 e. The van der Waals surface area contributed by atoms with Crippen LogP contribution in [0.5, 0.6) is 0 Å². The van der Waals surface area contributed by atoms with Gasteiger partial charge in [-0.25, -0.2) is 9.97 Å². The highest BCUT2D eigenvalue weighted by atomic mass is 32.1. The normalized spacial score (nSPS) is 20.3. The number of hydrogen-bond donors (Lipinski definition) is 2. The molecule has 0 bridgehead atoms. The van der Waals surface area contributed by atoms with Gasteiger partial charge in [0.25, 0.3) is 0 Å².